The third-order valence-corrected chi connectivity index (χ3v) is 3.64. The first kappa shape index (κ1) is 16.6. The van der Waals surface area contributed by atoms with E-state index in [1.54, 1.807) is 0 Å². The lowest BCUT2D eigenvalue weighted by atomic mass is 10.1. The lowest BCUT2D eigenvalue weighted by Crippen LogP contribution is -2.43. The first-order valence-electron chi connectivity index (χ1n) is 5.28. The summed E-state index contributed by atoms with van der Waals surface area (Å²) in [4.78, 5) is 21.4. The first-order chi connectivity index (χ1) is 9.48. The molecule has 21 heavy (non-hydrogen) atoms. The van der Waals surface area contributed by atoms with Crippen LogP contribution in [0.5, 0.6) is 0 Å². The maximum Gasteiger partial charge on any atom is 0.333 e. The molecule has 116 valence electrons. The predicted octanol–water partition coefficient (Wildman–Crippen LogP) is -1.24. The van der Waals surface area contributed by atoms with Crippen LogP contribution < -0.4 is 33.2 Å². The van der Waals surface area contributed by atoms with Crippen molar-refractivity contribution in [2.24, 2.45) is 23.2 Å². The van der Waals surface area contributed by atoms with E-state index in [0.717, 1.165) is 6.07 Å². The molecule has 0 heterocycles. The standard InChI is InChI=1S/C9H14N6O5S/c1-4-5(14(12)8(10)16)2-3-6(15(13)9(11)17)7(4)21(18,19)20/h2-3H,12-13H2,1H3,(H2,10,16)(H2,11,17)(H,18,19,20). The third kappa shape index (κ3) is 3.19. The normalized spacial score (nSPS) is 11.0. The van der Waals surface area contributed by atoms with Crippen molar-refractivity contribution in [1.82, 2.24) is 0 Å². The van der Waals surface area contributed by atoms with Gasteiger partial charge in [0.2, 0.25) is 0 Å². The molecule has 0 saturated heterocycles. The Labute approximate surface area is 119 Å². The molecule has 1 rings (SSSR count). The van der Waals surface area contributed by atoms with Crippen LogP contribution in [0.3, 0.4) is 0 Å². The summed E-state index contributed by atoms with van der Waals surface area (Å²) >= 11 is 0. The van der Waals surface area contributed by atoms with Crippen LogP contribution in [-0.2, 0) is 10.1 Å². The summed E-state index contributed by atoms with van der Waals surface area (Å²) in [6.45, 7) is 1.24. The minimum absolute atomic E-state index is 0.100. The van der Waals surface area contributed by atoms with Gasteiger partial charge in [-0.25, -0.2) is 31.3 Å². The zero-order valence-corrected chi connectivity index (χ0v) is 11.7. The largest absolute Gasteiger partial charge is 0.350 e. The van der Waals surface area contributed by atoms with Crippen LogP contribution in [0.25, 0.3) is 0 Å². The summed E-state index contributed by atoms with van der Waals surface area (Å²) in [6.07, 6.45) is 0. The van der Waals surface area contributed by atoms with Gasteiger partial charge in [-0.05, 0) is 24.6 Å². The molecule has 0 aliphatic carbocycles. The Morgan fingerprint density at radius 1 is 1.05 bits per heavy atom. The molecule has 1 aromatic carbocycles. The number of nitrogens with two attached hydrogens (primary N) is 4. The zero-order chi connectivity index (χ0) is 16.5. The number of urea groups is 2. The second-order valence-electron chi connectivity index (χ2n) is 3.95. The number of amides is 4. The Balaban J connectivity index is 3.70. The first-order valence-corrected chi connectivity index (χ1v) is 6.72. The van der Waals surface area contributed by atoms with E-state index in [1.165, 1.54) is 13.0 Å². The van der Waals surface area contributed by atoms with E-state index >= 15 is 0 Å². The molecule has 11 nitrogen and oxygen atoms in total. The smallest absolute Gasteiger partial charge is 0.333 e. The fraction of sp³-hybridized carbons (Fsp3) is 0.111. The molecule has 0 saturated carbocycles. The van der Waals surface area contributed by atoms with Crippen LogP contribution in [0.2, 0.25) is 0 Å². The number of hydrogen-bond donors (Lipinski definition) is 5. The van der Waals surface area contributed by atoms with Gasteiger partial charge < -0.3 is 11.5 Å². The molecule has 9 N–H and O–H groups in total. The highest BCUT2D eigenvalue weighted by Gasteiger charge is 2.27. The van der Waals surface area contributed by atoms with Crippen molar-refractivity contribution in [3.05, 3.63) is 17.7 Å². The Morgan fingerprint density at radius 3 is 1.81 bits per heavy atom. The highest BCUT2D eigenvalue weighted by atomic mass is 32.2. The summed E-state index contributed by atoms with van der Waals surface area (Å²) in [5, 5.41) is 0.796. The molecule has 0 radical (unpaired) electrons. The zero-order valence-electron chi connectivity index (χ0n) is 10.8. The van der Waals surface area contributed by atoms with Crippen molar-refractivity contribution < 1.29 is 22.6 Å². The van der Waals surface area contributed by atoms with Crippen molar-refractivity contribution >= 4 is 33.6 Å². The summed E-state index contributed by atoms with van der Waals surface area (Å²) in [5.41, 5.74) is 9.30. The molecule has 0 bridgehead atoms. The van der Waals surface area contributed by atoms with Gasteiger partial charge in [0, 0.05) is 0 Å². The van der Waals surface area contributed by atoms with Crippen molar-refractivity contribution in [2.75, 3.05) is 10.0 Å². The van der Waals surface area contributed by atoms with E-state index < -0.39 is 27.1 Å². The van der Waals surface area contributed by atoms with Crippen molar-refractivity contribution in [3.8, 4) is 0 Å². The molecule has 0 aromatic heterocycles. The van der Waals surface area contributed by atoms with Crippen molar-refractivity contribution in [3.63, 3.8) is 0 Å². The van der Waals surface area contributed by atoms with E-state index in [9.17, 15) is 22.6 Å². The van der Waals surface area contributed by atoms with Crippen LogP contribution in [0.4, 0.5) is 21.0 Å². The molecular weight excluding hydrogens is 304 g/mol. The molecule has 0 atom stereocenters. The van der Waals surface area contributed by atoms with E-state index in [2.05, 4.69) is 0 Å². The average Bonchev–Trinajstić information content (AvgIpc) is 2.34. The monoisotopic (exact) mass is 318 g/mol. The highest BCUT2D eigenvalue weighted by molar-refractivity contribution is 7.86. The van der Waals surface area contributed by atoms with Crippen LogP contribution in [0.15, 0.2) is 17.0 Å². The van der Waals surface area contributed by atoms with Crippen LogP contribution in [0.1, 0.15) is 5.56 Å². The predicted molar refractivity (Wildman–Crippen MR) is 73.5 cm³/mol. The molecular formula is C9H14N6O5S. The topological polar surface area (TPSA) is 199 Å². The van der Waals surface area contributed by atoms with Gasteiger partial charge in [-0.3, -0.25) is 4.55 Å². The van der Waals surface area contributed by atoms with Crippen molar-refractivity contribution in [2.45, 2.75) is 11.8 Å². The number of carbonyl (C=O) groups is 2. The van der Waals surface area contributed by atoms with E-state index in [1.807, 2.05) is 0 Å². The Kier molecular flexibility index (Phi) is 4.38. The van der Waals surface area contributed by atoms with Crippen LogP contribution in [0, 0.1) is 6.92 Å². The summed E-state index contributed by atoms with van der Waals surface area (Å²) in [5.74, 6) is 10.7. The summed E-state index contributed by atoms with van der Waals surface area (Å²) < 4.78 is 32.3. The van der Waals surface area contributed by atoms with Gasteiger partial charge in [0.15, 0.2) is 0 Å². The Morgan fingerprint density at radius 2 is 1.43 bits per heavy atom. The van der Waals surface area contributed by atoms with Gasteiger partial charge in [-0.15, -0.1) is 0 Å². The van der Waals surface area contributed by atoms with Gasteiger partial charge in [0.1, 0.15) is 4.90 Å². The molecule has 1 aromatic rings. The second-order valence-corrected chi connectivity index (χ2v) is 5.31. The molecule has 4 amide bonds. The highest BCUT2D eigenvalue weighted by Crippen LogP contribution is 2.33. The van der Waals surface area contributed by atoms with E-state index in [-0.39, 0.29) is 16.9 Å². The third-order valence-electron chi connectivity index (χ3n) is 2.61. The lowest BCUT2D eigenvalue weighted by molar-refractivity contribution is 0.253. The Bertz CT molecular complexity index is 703. The molecule has 0 fully saturated rings. The minimum atomic E-state index is -4.79. The van der Waals surface area contributed by atoms with Crippen molar-refractivity contribution in [1.29, 1.82) is 0 Å². The maximum atomic E-state index is 11.5. The Hall–Kier alpha value is -2.41. The number of carbonyl (C=O) groups excluding carboxylic acids is 2. The summed E-state index contributed by atoms with van der Waals surface area (Å²) in [7, 11) is -4.79. The van der Waals surface area contributed by atoms with Gasteiger partial charge in [0.25, 0.3) is 10.1 Å². The number of rotatable bonds is 3. The number of hydrogen-bond acceptors (Lipinski definition) is 6. The van der Waals surface area contributed by atoms with E-state index in [4.69, 9.17) is 23.2 Å². The number of primary amides is 2. The maximum absolute atomic E-state index is 11.5. The number of anilines is 2. The summed E-state index contributed by atoms with van der Waals surface area (Å²) in [6, 6.07) is 0.00419. The van der Waals surface area contributed by atoms with E-state index in [0.29, 0.717) is 10.0 Å². The number of nitrogens with zero attached hydrogens (tertiary/aromatic N) is 2. The van der Waals surface area contributed by atoms with Gasteiger partial charge in [-0.1, -0.05) is 0 Å². The lowest BCUT2D eigenvalue weighted by Gasteiger charge is -2.22. The van der Waals surface area contributed by atoms with Gasteiger partial charge in [0.05, 0.1) is 11.4 Å². The molecule has 0 aliphatic rings. The SMILES string of the molecule is Cc1c(N(N)C(N)=O)ccc(N(N)C(N)=O)c1S(=O)(=O)O. The number of benzene rings is 1. The van der Waals surface area contributed by atoms with Gasteiger partial charge in [-0.2, -0.15) is 8.42 Å². The second kappa shape index (κ2) is 5.53. The fourth-order valence-corrected chi connectivity index (χ4v) is 2.60. The van der Waals surface area contributed by atoms with Crippen LogP contribution >= 0.6 is 0 Å². The average molecular weight is 318 g/mol. The molecule has 0 unspecified atom stereocenters. The molecule has 0 aliphatic heterocycles. The number of hydrazine groups is 2. The van der Waals surface area contributed by atoms with Crippen LogP contribution in [-0.4, -0.2) is 25.0 Å². The minimum Gasteiger partial charge on any atom is -0.350 e. The quantitative estimate of drug-likeness (QED) is 0.198. The van der Waals surface area contributed by atoms with Gasteiger partial charge >= 0.3 is 12.1 Å². The molecule has 12 heteroatoms. The molecule has 0 spiro atoms. The fourth-order valence-electron chi connectivity index (χ4n) is 1.68.